The Morgan fingerprint density at radius 3 is 2.50 bits per heavy atom. The molecule has 0 radical (unpaired) electrons. The molecular weight excluding hydrogens is 280 g/mol. The largest absolute Gasteiger partial charge is 0.444 e. The molecule has 1 saturated carbocycles. The fraction of sp³-hybridized carbons (Fsp3) is 0.941. The summed E-state index contributed by atoms with van der Waals surface area (Å²) in [6.07, 6.45) is 4.94. The normalized spacial score (nSPS) is 26.9. The third-order valence-electron chi connectivity index (χ3n) is 4.50. The zero-order valence-electron chi connectivity index (χ0n) is 14.8. The van der Waals surface area contributed by atoms with Crippen molar-refractivity contribution in [1.29, 1.82) is 0 Å². The van der Waals surface area contributed by atoms with Gasteiger partial charge in [-0.25, -0.2) is 4.79 Å². The molecule has 1 unspecified atom stereocenters. The van der Waals surface area contributed by atoms with Crippen LogP contribution in [-0.4, -0.2) is 42.0 Å². The van der Waals surface area contributed by atoms with Gasteiger partial charge in [-0.2, -0.15) is 0 Å². The van der Waals surface area contributed by atoms with Gasteiger partial charge in [0.05, 0.1) is 11.1 Å². The highest BCUT2D eigenvalue weighted by atomic mass is 16.6. The second-order valence-corrected chi connectivity index (χ2v) is 8.44. The summed E-state index contributed by atoms with van der Waals surface area (Å²) >= 11 is 0. The predicted octanol–water partition coefficient (Wildman–Crippen LogP) is 2.98. The first-order valence-corrected chi connectivity index (χ1v) is 8.48. The molecule has 1 amide bonds. The SMILES string of the molecule is CC(C)(C)OC(=O)NC1(CNC2CCOC(C)(C)C2)CCC1. The molecular formula is C17H32N2O3. The van der Waals surface area contributed by atoms with Crippen molar-refractivity contribution in [2.75, 3.05) is 13.2 Å². The van der Waals surface area contributed by atoms with Gasteiger partial charge in [-0.05, 0) is 66.7 Å². The van der Waals surface area contributed by atoms with Gasteiger partial charge in [-0.15, -0.1) is 0 Å². The Kier molecular flexibility index (Phi) is 5.07. The number of ether oxygens (including phenoxy) is 2. The molecule has 2 fully saturated rings. The van der Waals surface area contributed by atoms with Gasteiger partial charge in [-0.3, -0.25) is 0 Å². The van der Waals surface area contributed by atoms with E-state index < -0.39 is 5.60 Å². The van der Waals surface area contributed by atoms with Crippen LogP contribution in [0.3, 0.4) is 0 Å². The second-order valence-electron chi connectivity index (χ2n) is 8.44. The molecule has 1 aliphatic carbocycles. The van der Waals surface area contributed by atoms with Crippen LogP contribution in [0.5, 0.6) is 0 Å². The molecule has 0 aromatic heterocycles. The van der Waals surface area contributed by atoms with Gasteiger partial charge in [0.1, 0.15) is 5.60 Å². The Balaban J connectivity index is 1.82. The van der Waals surface area contributed by atoms with Crippen LogP contribution in [0.2, 0.25) is 0 Å². The first-order chi connectivity index (χ1) is 10.1. The van der Waals surface area contributed by atoms with Crippen LogP contribution in [-0.2, 0) is 9.47 Å². The molecule has 5 nitrogen and oxygen atoms in total. The predicted molar refractivity (Wildman–Crippen MR) is 87.0 cm³/mol. The standard InChI is InChI=1S/C17H32N2O3/c1-15(2,3)22-14(20)19-17(8-6-9-17)12-18-13-7-10-21-16(4,5)11-13/h13,18H,6-12H2,1-5H3,(H,19,20). The summed E-state index contributed by atoms with van der Waals surface area (Å²) < 4.78 is 11.2. The molecule has 1 saturated heterocycles. The van der Waals surface area contributed by atoms with E-state index in [9.17, 15) is 4.79 Å². The van der Waals surface area contributed by atoms with Crippen LogP contribution in [0.1, 0.15) is 66.7 Å². The molecule has 22 heavy (non-hydrogen) atoms. The molecule has 1 aliphatic heterocycles. The van der Waals surface area contributed by atoms with Crippen molar-refractivity contribution in [3.63, 3.8) is 0 Å². The Bertz CT molecular complexity index is 397. The minimum absolute atomic E-state index is 0.0543. The highest BCUT2D eigenvalue weighted by molar-refractivity contribution is 5.69. The topological polar surface area (TPSA) is 59.6 Å². The first-order valence-electron chi connectivity index (χ1n) is 8.48. The fourth-order valence-electron chi connectivity index (χ4n) is 3.22. The summed E-state index contributed by atoms with van der Waals surface area (Å²) in [4.78, 5) is 12.0. The summed E-state index contributed by atoms with van der Waals surface area (Å²) in [6.45, 7) is 11.6. The van der Waals surface area contributed by atoms with Gasteiger partial charge in [-0.1, -0.05) is 0 Å². The molecule has 0 aromatic rings. The third kappa shape index (κ3) is 5.13. The Labute approximate surface area is 134 Å². The van der Waals surface area contributed by atoms with E-state index in [1.807, 2.05) is 20.8 Å². The minimum Gasteiger partial charge on any atom is -0.444 e. The summed E-state index contributed by atoms with van der Waals surface area (Å²) in [7, 11) is 0. The van der Waals surface area contributed by atoms with Crippen molar-refractivity contribution in [2.24, 2.45) is 0 Å². The van der Waals surface area contributed by atoms with Crippen molar-refractivity contribution >= 4 is 6.09 Å². The lowest BCUT2D eigenvalue weighted by Gasteiger charge is -2.45. The lowest BCUT2D eigenvalue weighted by molar-refractivity contribution is -0.0641. The van der Waals surface area contributed by atoms with E-state index in [-0.39, 0.29) is 17.2 Å². The quantitative estimate of drug-likeness (QED) is 0.838. The van der Waals surface area contributed by atoms with Gasteiger partial charge in [0.2, 0.25) is 0 Å². The summed E-state index contributed by atoms with van der Waals surface area (Å²) in [5.41, 5.74) is -0.640. The fourth-order valence-corrected chi connectivity index (χ4v) is 3.22. The van der Waals surface area contributed by atoms with Crippen LogP contribution in [0.4, 0.5) is 4.79 Å². The molecule has 1 atom stereocenters. The number of amides is 1. The maximum atomic E-state index is 12.0. The molecule has 128 valence electrons. The lowest BCUT2D eigenvalue weighted by Crippen LogP contribution is -2.61. The van der Waals surface area contributed by atoms with E-state index in [1.54, 1.807) is 0 Å². The van der Waals surface area contributed by atoms with E-state index in [2.05, 4.69) is 24.5 Å². The van der Waals surface area contributed by atoms with E-state index in [4.69, 9.17) is 9.47 Å². The van der Waals surface area contributed by atoms with Crippen LogP contribution in [0.25, 0.3) is 0 Å². The molecule has 2 aliphatic rings. The van der Waals surface area contributed by atoms with E-state index >= 15 is 0 Å². The molecule has 2 N–H and O–H groups in total. The highest BCUT2D eigenvalue weighted by Crippen LogP contribution is 2.32. The highest BCUT2D eigenvalue weighted by Gasteiger charge is 2.40. The minimum atomic E-state index is -0.451. The Morgan fingerprint density at radius 2 is 2.00 bits per heavy atom. The molecule has 5 heteroatoms. The molecule has 0 bridgehead atoms. The number of carbonyl (C=O) groups excluding carboxylic acids is 1. The maximum absolute atomic E-state index is 12.0. The molecule has 0 aromatic carbocycles. The van der Waals surface area contributed by atoms with Crippen LogP contribution >= 0.6 is 0 Å². The zero-order chi connectivity index (χ0) is 16.4. The smallest absolute Gasteiger partial charge is 0.408 e. The van der Waals surface area contributed by atoms with Gasteiger partial charge >= 0.3 is 6.09 Å². The number of nitrogens with one attached hydrogen (secondary N) is 2. The van der Waals surface area contributed by atoms with Crippen LogP contribution in [0, 0.1) is 0 Å². The maximum Gasteiger partial charge on any atom is 0.408 e. The van der Waals surface area contributed by atoms with Gasteiger partial charge in [0, 0.05) is 19.2 Å². The van der Waals surface area contributed by atoms with Gasteiger partial charge in [0.25, 0.3) is 0 Å². The monoisotopic (exact) mass is 312 g/mol. The van der Waals surface area contributed by atoms with Crippen molar-refractivity contribution in [2.45, 2.75) is 89.5 Å². The second kappa shape index (κ2) is 6.36. The molecule has 2 rings (SSSR count). The van der Waals surface area contributed by atoms with Crippen molar-refractivity contribution < 1.29 is 14.3 Å². The van der Waals surface area contributed by atoms with Crippen molar-refractivity contribution in [3.8, 4) is 0 Å². The van der Waals surface area contributed by atoms with Crippen LogP contribution in [0.15, 0.2) is 0 Å². The van der Waals surface area contributed by atoms with E-state index in [0.29, 0.717) is 6.04 Å². The summed E-state index contributed by atoms with van der Waals surface area (Å²) in [6, 6.07) is 0.460. The number of hydrogen-bond donors (Lipinski definition) is 2. The Hall–Kier alpha value is -0.810. The van der Waals surface area contributed by atoms with E-state index in [1.165, 1.54) is 0 Å². The van der Waals surface area contributed by atoms with Gasteiger partial charge in [0.15, 0.2) is 0 Å². The molecule has 1 heterocycles. The average molecular weight is 312 g/mol. The lowest BCUT2D eigenvalue weighted by atomic mass is 9.76. The average Bonchev–Trinajstić information content (AvgIpc) is 2.29. The summed E-state index contributed by atoms with van der Waals surface area (Å²) in [5.74, 6) is 0. The van der Waals surface area contributed by atoms with Crippen LogP contribution < -0.4 is 10.6 Å². The summed E-state index contributed by atoms with van der Waals surface area (Å²) in [5, 5.41) is 6.73. The van der Waals surface area contributed by atoms with E-state index in [0.717, 1.165) is 45.3 Å². The van der Waals surface area contributed by atoms with Gasteiger partial charge < -0.3 is 20.1 Å². The number of carbonyl (C=O) groups is 1. The number of alkyl carbamates (subject to hydrolysis) is 1. The van der Waals surface area contributed by atoms with Crippen molar-refractivity contribution in [3.05, 3.63) is 0 Å². The first kappa shape index (κ1) is 17.5. The van der Waals surface area contributed by atoms with Crippen molar-refractivity contribution in [1.82, 2.24) is 10.6 Å². The number of rotatable bonds is 4. The molecule has 0 spiro atoms. The number of hydrogen-bond acceptors (Lipinski definition) is 4. The zero-order valence-corrected chi connectivity index (χ0v) is 14.8. The Morgan fingerprint density at radius 1 is 1.32 bits per heavy atom. The third-order valence-corrected chi connectivity index (χ3v) is 4.50.